The summed E-state index contributed by atoms with van der Waals surface area (Å²) in [6.07, 6.45) is 1.09. The Morgan fingerprint density at radius 3 is 2.04 bits per heavy atom. The van der Waals surface area contributed by atoms with Crippen molar-refractivity contribution in [2.45, 2.75) is 0 Å². The van der Waals surface area contributed by atoms with Gasteiger partial charge in [-0.2, -0.15) is 5.10 Å². The molecule has 0 radical (unpaired) electrons. The Hall–Kier alpha value is -6.15. The van der Waals surface area contributed by atoms with Gasteiger partial charge < -0.3 is 29.0 Å². The molecular weight excluding hydrogens is 636 g/mol. The third-order valence-electron chi connectivity index (χ3n) is 6.50. The highest BCUT2D eigenvalue weighted by atomic mass is 35.5. The molecule has 0 aliphatic rings. The summed E-state index contributed by atoms with van der Waals surface area (Å²) in [5.74, 6) is -1.37. The third kappa shape index (κ3) is 7.93. The van der Waals surface area contributed by atoms with E-state index in [0.29, 0.717) is 22.9 Å². The van der Waals surface area contributed by atoms with Crippen molar-refractivity contribution < 1.29 is 43.0 Å². The number of hydrogen-bond acceptors (Lipinski definition) is 11. The number of nitrogens with one attached hydrogen (secondary N) is 2. The molecule has 0 fully saturated rings. The van der Waals surface area contributed by atoms with Crippen molar-refractivity contribution in [2.24, 2.45) is 5.10 Å². The average Bonchev–Trinajstić information content (AvgIpc) is 3.08. The van der Waals surface area contributed by atoms with Gasteiger partial charge in [-0.25, -0.2) is 10.2 Å². The largest absolute Gasteiger partial charge is 0.496 e. The summed E-state index contributed by atoms with van der Waals surface area (Å²) in [6.45, 7) is 0. The van der Waals surface area contributed by atoms with Crippen LogP contribution in [0.25, 0.3) is 0 Å². The van der Waals surface area contributed by atoms with Crippen LogP contribution in [0.1, 0.15) is 36.6 Å². The van der Waals surface area contributed by atoms with E-state index in [9.17, 15) is 24.5 Å². The van der Waals surface area contributed by atoms with Crippen LogP contribution in [0.15, 0.2) is 77.9 Å². The van der Waals surface area contributed by atoms with Gasteiger partial charge in [-0.15, -0.1) is 0 Å². The highest BCUT2D eigenvalue weighted by Crippen LogP contribution is 2.38. The maximum atomic E-state index is 13.0. The van der Waals surface area contributed by atoms with E-state index in [-0.39, 0.29) is 33.0 Å². The van der Waals surface area contributed by atoms with Crippen LogP contribution in [-0.4, -0.2) is 57.4 Å². The highest BCUT2D eigenvalue weighted by Gasteiger charge is 2.24. The fraction of sp³-hybridized carbons (Fsp3) is 0.125. The first-order valence-electron chi connectivity index (χ1n) is 13.5. The predicted octanol–water partition coefficient (Wildman–Crippen LogP) is 5.52. The van der Waals surface area contributed by atoms with Crippen LogP contribution in [0.4, 0.5) is 11.4 Å². The Bertz CT molecular complexity index is 1840. The summed E-state index contributed by atoms with van der Waals surface area (Å²) >= 11 is 6.00. The summed E-state index contributed by atoms with van der Waals surface area (Å²) in [4.78, 5) is 49.6. The molecule has 242 valence electrons. The summed E-state index contributed by atoms with van der Waals surface area (Å²) in [6, 6.07) is 17.1. The minimum Gasteiger partial charge on any atom is -0.496 e. The summed E-state index contributed by atoms with van der Waals surface area (Å²) in [5, 5.41) is 18.5. The zero-order valence-electron chi connectivity index (χ0n) is 25.4. The third-order valence-corrected chi connectivity index (χ3v) is 6.73. The summed E-state index contributed by atoms with van der Waals surface area (Å²) in [7, 11) is 5.66. The minimum atomic E-state index is -0.963. The Morgan fingerprint density at radius 1 is 0.787 bits per heavy atom. The average molecular weight is 663 g/mol. The molecule has 4 aromatic carbocycles. The van der Waals surface area contributed by atoms with E-state index in [2.05, 4.69) is 15.8 Å². The van der Waals surface area contributed by atoms with Gasteiger partial charge in [-0.05, 0) is 60.7 Å². The number of nitro groups is 1. The molecule has 14 nitrogen and oxygen atoms in total. The maximum absolute atomic E-state index is 13.0. The molecule has 0 aliphatic heterocycles. The zero-order chi connectivity index (χ0) is 34.1. The monoisotopic (exact) mass is 662 g/mol. The number of ether oxygens (including phenoxy) is 5. The second-order valence-electron chi connectivity index (χ2n) is 9.33. The van der Waals surface area contributed by atoms with Crippen LogP contribution in [0, 0.1) is 10.1 Å². The van der Waals surface area contributed by atoms with Crippen molar-refractivity contribution in [3.63, 3.8) is 0 Å². The fourth-order valence-electron chi connectivity index (χ4n) is 4.23. The van der Waals surface area contributed by atoms with Gasteiger partial charge in [0.05, 0.1) is 39.6 Å². The Balaban J connectivity index is 1.47. The van der Waals surface area contributed by atoms with Gasteiger partial charge in [-0.3, -0.25) is 19.7 Å². The van der Waals surface area contributed by atoms with Crippen molar-refractivity contribution in [1.82, 2.24) is 5.43 Å². The van der Waals surface area contributed by atoms with E-state index < -0.39 is 34.1 Å². The molecule has 0 saturated heterocycles. The second kappa shape index (κ2) is 15.2. The number of nitro benzene ring substituents is 1. The molecule has 2 amide bonds. The van der Waals surface area contributed by atoms with Gasteiger partial charge in [0.15, 0.2) is 11.5 Å². The number of nitrogens with zero attached hydrogens (tertiary/aromatic N) is 2. The lowest BCUT2D eigenvalue weighted by molar-refractivity contribution is -0.385. The molecular formula is C32H27ClN4O10. The first kappa shape index (κ1) is 33.7. The smallest absolute Gasteiger partial charge is 0.347 e. The molecule has 0 aliphatic carbocycles. The quantitative estimate of drug-likeness (QED) is 0.0646. The van der Waals surface area contributed by atoms with Crippen LogP contribution in [0.5, 0.6) is 28.7 Å². The van der Waals surface area contributed by atoms with Crippen molar-refractivity contribution in [1.29, 1.82) is 0 Å². The molecule has 0 aromatic heterocycles. The molecule has 0 bridgehead atoms. The van der Waals surface area contributed by atoms with E-state index in [1.807, 2.05) is 0 Å². The first-order chi connectivity index (χ1) is 22.6. The number of halogens is 1. The molecule has 0 saturated carbocycles. The van der Waals surface area contributed by atoms with Crippen LogP contribution in [0.3, 0.4) is 0 Å². The predicted molar refractivity (Wildman–Crippen MR) is 172 cm³/mol. The molecule has 4 aromatic rings. The van der Waals surface area contributed by atoms with E-state index in [0.717, 1.165) is 12.3 Å². The van der Waals surface area contributed by atoms with Crippen LogP contribution < -0.4 is 34.4 Å². The second-order valence-corrected chi connectivity index (χ2v) is 9.77. The molecule has 2 N–H and O–H groups in total. The van der Waals surface area contributed by atoms with Gasteiger partial charge in [0.25, 0.3) is 11.8 Å². The van der Waals surface area contributed by atoms with Crippen LogP contribution >= 0.6 is 11.6 Å². The first-order valence-corrected chi connectivity index (χ1v) is 13.9. The SMILES string of the molecule is COc1ccc(Cl)cc1C(=O)Oc1c(/C=N/NC(=O)c2ccc(NC(=O)c3cc(OC)c(OC)c(OC)c3)cc2)cccc1[N+](=O)[O-]. The Kier molecular flexibility index (Phi) is 10.9. The number of benzene rings is 4. The number of amides is 2. The molecule has 47 heavy (non-hydrogen) atoms. The van der Waals surface area contributed by atoms with Crippen LogP contribution in [-0.2, 0) is 0 Å². The number of hydrazone groups is 1. The number of carbonyl (C=O) groups excluding carboxylic acids is 3. The minimum absolute atomic E-state index is 0.0266. The standard InChI is InChI=1S/C32H27ClN4O10/c1-43-25-13-10-21(33)16-23(25)32(40)47-28-19(6-5-7-24(28)37(41)42)17-34-36-31(39)18-8-11-22(12-9-18)35-30(38)20-14-26(44-2)29(46-4)27(15-20)45-3/h5-17H,1-4H3,(H,35,38)(H,36,39)/b34-17+. The van der Waals surface area contributed by atoms with Crippen molar-refractivity contribution in [3.8, 4) is 28.7 Å². The van der Waals surface area contributed by atoms with Gasteiger partial charge in [-0.1, -0.05) is 17.7 Å². The molecule has 0 spiro atoms. The van der Waals surface area contributed by atoms with Crippen LogP contribution in [0.2, 0.25) is 5.02 Å². The van der Waals surface area contributed by atoms with Crippen molar-refractivity contribution in [3.05, 3.63) is 110 Å². The molecule has 0 atom stereocenters. The number of methoxy groups -OCH3 is 4. The van der Waals surface area contributed by atoms with Gasteiger partial charge in [0.2, 0.25) is 11.5 Å². The number of esters is 1. The van der Waals surface area contributed by atoms with E-state index in [1.54, 1.807) is 0 Å². The fourth-order valence-corrected chi connectivity index (χ4v) is 4.40. The molecule has 0 unspecified atom stereocenters. The maximum Gasteiger partial charge on any atom is 0.347 e. The lowest BCUT2D eigenvalue weighted by Crippen LogP contribution is -2.18. The number of anilines is 1. The van der Waals surface area contributed by atoms with E-state index >= 15 is 0 Å². The number of carbonyl (C=O) groups is 3. The summed E-state index contributed by atoms with van der Waals surface area (Å²) in [5.41, 5.74) is 2.59. The van der Waals surface area contributed by atoms with E-state index in [4.69, 9.17) is 35.3 Å². The number of para-hydroxylation sites is 1. The zero-order valence-corrected chi connectivity index (χ0v) is 26.1. The number of rotatable bonds is 12. The van der Waals surface area contributed by atoms with Gasteiger partial charge in [0.1, 0.15) is 11.3 Å². The van der Waals surface area contributed by atoms with Crippen molar-refractivity contribution in [2.75, 3.05) is 33.8 Å². The van der Waals surface area contributed by atoms with E-state index in [1.165, 1.54) is 95.2 Å². The van der Waals surface area contributed by atoms with Gasteiger partial charge >= 0.3 is 11.7 Å². The Labute approximate surface area is 272 Å². The highest BCUT2D eigenvalue weighted by molar-refractivity contribution is 6.31. The van der Waals surface area contributed by atoms with Gasteiger partial charge in [0, 0.05) is 33.5 Å². The number of hydrogen-bond donors (Lipinski definition) is 2. The van der Waals surface area contributed by atoms with Crippen molar-refractivity contribution >= 4 is 47.0 Å². The normalized spacial score (nSPS) is 10.6. The molecule has 4 rings (SSSR count). The summed E-state index contributed by atoms with van der Waals surface area (Å²) < 4.78 is 26.4. The topological polar surface area (TPSA) is 177 Å². The lowest BCUT2D eigenvalue weighted by atomic mass is 10.1. The molecule has 15 heteroatoms. The molecule has 0 heterocycles. The Morgan fingerprint density at radius 2 is 1.45 bits per heavy atom. The lowest BCUT2D eigenvalue weighted by Gasteiger charge is -2.14.